The summed E-state index contributed by atoms with van der Waals surface area (Å²) in [6.45, 7) is 5.86. The fraction of sp³-hybridized carbons (Fsp3) is 0.0667. The second-order valence-electron chi connectivity index (χ2n) is 3.76. The van der Waals surface area contributed by atoms with Crippen LogP contribution in [-0.4, -0.2) is 4.98 Å². The lowest BCUT2D eigenvalue weighted by Gasteiger charge is -1.98. The summed E-state index contributed by atoms with van der Waals surface area (Å²) in [6.07, 6.45) is 6.05. The topological polar surface area (TPSA) is 15.8 Å². The predicted molar refractivity (Wildman–Crippen MR) is 71.0 cm³/mol. The molecular formula is C15H15N. The van der Waals surface area contributed by atoms with E-state index in [9.17, 15) is 0 Å². The van der Waals surface area contributed by atoms with Gasteiger partial charge in [0.15, 0.2) is 0 Å². The van der Waals surface area contributed by atoms with E-state index in [-0.39, 0.29) is 0 Å². The zero-order chi connectivity index (χ0) is 11.4. The lowest BCUT2D eigenvalue weighted by atomic mass is 10.1. The van der Waals surface area contributed by atoms with Crippen LogP contribution in [0.25, 0.3) is 18.2 Å². The van der Waals surface area contributed by atoms with Crippen LogP contribution in [0.4, 0.5) is 0 Å². The number of hydrogen-bond donors (Lipinski definition) is 1. The van der Waals surface area contributed by atoms with Gasteiger partial charge < -0.3 is 4.98 Å². The average Bonchev–Trinajstić information content (AvgIpc) is 2.73. The van der Waals surface area contributed by atoms with Crippen LogP contribution < -0.4 is 0 Å². The van der Waals surface area contributed by atoms with Gasteiger partial charge in [-0.05, 0) is 36.3 Å². The Morgan fingerprint density at radius 1 is 1.00 bits per heavy atom. The van der Waals surface area contributed by atoms with Gasteiger partial charge in [-0.2, -0.15) is 0 Å². The molecule has 1 heteroatoms. The van der Waals surface area contributed by atoms with E-state index in [0.717, 1.165) is 11.3 Å². The van der Waals surface area contributed by atoms with Crippen molar-refractivity contribution in [2.75, 3.05) is 0 Å². The molecule has 0 aliphatic heterocycles. The van der Waals surface area contributed by atoms with Gasteiger partial charge in [0, 0.05) is 11.4 Å². The van der Waals surface area contributed by atoms with Crippen molar-refractivity contribution in [1.29, 1.82) is 0 Å². The van der Waals surface area contributed by atoms with E-state index < -0.39 is 0 Å². The minimum atomic E-state index is 1.12. The second kappa shape index (κ2) is 4.67. The largest absolute Gasteiger partial charge is 0.359 e. The fourth-order valence-corrected chi connectivity index (χ4v) is 1.65. The van der Waals surface area contributed by atoms with Crippen LogP contribution in [0.1, 0.15) is 22.5 Å². The summed E-state index contributed by atoms with van der Waals surface area (Å²) in [7, 11) is 0. The van der Waals surface area contributed by atoms with Crippen molar-refractivity contribution in [1.82, 2.24) is 4.98 Å². The van der Waals surface area contributed by atoms with Gasteiger partial charge in [0.05, 0.1) is 0 Å². The van der Waals surface area contributed by atoms with E-state index in [4.69, 9.17) is 0 Å². The number of rotatable bonds is 3. The molecule has 0 spiro atoms. The molecule has 0 bridgehead atoms. The molecule has 80 valence electrons. The Balaban J connectivity index is 2.26. The Labute approximate surface area is 96.1 Å². The molecule has 0 aliphatic carbocycles. The van der Waals surface area contributed by atoms with Gasteiger partial charge in [0.1, 0.15) is 0 Å². The molecule has 0 unspecified atom stereocenters. The number of nitrogens with one attached hydrogen (secondary N) is 1. The lowest BCUT2D eigenvalue weighted by molar-refractivity contribution is 1.25. The molecule has 2 aromatic rings. The molecule has 1 heterocycles. The highest BCUT2D eigenvalue weighted by molar-refractivity contribution is 5.73. The molecule has 2 rings (SSSR count). The Bertz CT molecular complexity index is 518. The van der Waals surface area contributed by atoms with Crippen LogP contribution in [-0.2, 0) is 0 Å². The maximum atomic E-state index is 3.81. The number of aromatic amines is 1. The Kier molecular flexibility index (Phi) is 3.06. The van der Waals surface area contributed by atoms with Crippen LogP contribution >= 0.6 is 0 Å². The van der Waals surface area contributed by atoms with Gasteiger partial charge >= 0.3 is 0 Å². The van der Waals surface area contributed by atoms with Crippen molar-refractivity contribution >= 4 is 18.2 Å². The van der Waals surface area contributed by atoms with Crippen molar-refractivity contribution in [2.45, 2.75) is 6.92 Å². The number of benzene rings is 1. The third-order valence-corrected chi connectivity index (χ3v) is 2.51. The van der Waals surface area contributed by atoms with Crippen molar-refractivity contribution < 1.29 is 0 Å². The third kappa shape index (κ3) is 2.31. The molecule has 0 saturated carbocycles. The van der Waals surface area contributed by atoms with E-state index in [1.54, 1.807) is 0 Å². The number of H-pyrrole nitrogens is 1. The molecule has 0 fully saturated rings. The smallest absolute Gasteiger partial charge is 0.0382 e. The lowest BCUT2D eigenvalue weighted by Crippen LogP contribution is -1.78. The molecular weight excluding hydrogens is 194 g/mol. The molecule has 16 heavy (non-hydrogen) atoms. The normalized spacial score (nSPS) is 10.8. The first-order valence-electron chi connectivity index (χ1n) is 5.35. The summed E-state index contributed by atoms with van der Waals surface area (Å²) in [5.41, 5.74) is 4.64. The van der Waals surface area contributed by atoms with Gasteiger partial charge in [-0.15, -0.1) is 0 Å². The summed E-state index contributed by atoms with van der Waals surface area (Å²) < 4.78 is 0. The summed E-state index contributed by atoms with van der Waals surface area (Å²) in [5, 5.41) is 0. The van der Waals surface area contributed by atoms with Crippen LogP contribution in [0.5, 0.6) is 0 Å². The van der Waals surface area contributed by atoms with Crippen LogP contribution in [0, 0.1) is 6.92 Å². The van der Waals surface area contributed by atoms with Gasteiger partial charge in [0.2, 0.25) is 0 Å². The van der Waals surface area contributed by atoms with E-state index in [0.29, 0.717) is 0 Å². The number of aromatic nitrogens is 1. The van der Waals surface area contributed by atoms with E-state index in [2.05, 4.69) is 54.9 Å². The first-order valence-corrected chi connectivity index (χ1v) is 5.35. The minimum absolute atomic E-state index is 1.12. The molecule has 0 saturated heterocycles. The monoisotopic (exact) mass is 209 g/mol. The molecule has 1 N–H and O–H groups in total. The standard InChI is InChI=1S/C15H15N/c1-3-13-6-4-5-7-14(13)9-11-15-10-8-12(2)16-15/h3-11,16H,1H2,2H3. The molecule has 1 nitrogen and oxygen atoms in total. The fourth-order valence-electron chi connectivity index (χ4n) is 1.65. The highest BCUT2D eigenvalue weighted by Crippen LogP contribution is 2.13. The summed E-state index contributed by atoms with van der Waals surface area (Å²) in [6, 6.07) is 12.3. The quantitative estimate of drug-likeness (QED) is 0.782. The summed E-state index contributed by atoms with van der Waals surface area (Å²) >= 11 is 0. The van der Waals surface area contributed by atoms with Crippen LogP contribution in [0.2, 0.25) is 0 Å². The van der Waals surface area contributed by atoms with Gasteiger partial charge in [-0.25, -0.2) is 0 Å². The molecule has 0 aliphatic rings. The highest BCUT2D eigenvalue weighted by atomic mass is 14.7. The van der Waals surface area contributed by atoms with E-state index in [1.807, 2.05) is 18.2 Å². The summed E-state index contributed by atoms with van der Waals surface area (Å²) in [5.74, 6) is 0. The first kappa shape index (κ1) is 10.5. The maximum absolute atomic E-state index is 3.81. The number of aryl methyl sites for hydroxylation is 1. The van der Waals surface area contributed by atoms with E-state index in [1.165, 1.54) is 11.3 Å². The zero-order valence-corrected chi connectivity index (χ0v) is 9.40. The molecule has 1 aromatic heterocycles. The van der Waals surface area contributed by atoms with Crippen molar-refractivity contribution in [3.8, 4) is 0 Å². The Morgan fingerprint density at radius 3 is 2.38 bits per heavy atom. The first-order chi connectivity index (χ1) is 7.79. The zero-order valence-electron chi connectivity index (χ0n) is 9.40. The molecule has 0 radical (unpaired) electrons. The highest BCUT2D eigenvalue weighted by Gasteiger charge is 1.94. The van der Waals surface area contributed by atoms with Gasteiger partial charge in [-0.1, -0.05) is 43.0 Å². The Hall–Kier alpha value is -2.02. The number of hydrogen-bond acceptors (Lipinski definition) is 0. The molecule has 0 atom stereocenters. The third-order valence-electron chi connectivity index (χ3n) is 2.51. The second-order valence-corrected chi connectivity index (χ2v) is 3.76. The maximum Gasteiger partial charge on any atom is 0.0382 e. The minimum Gasteiger partial charge on any atom is -0.359 e. The van der Waals surface area contributed by atoms with Crippen molar-refractivity contribution in [2.24, 2.45) is 0 Å². The van der Waals surface area contributed by atoms with Crippen LogP contribution in [0.15, 0.2) is 43.0 Å². The molecule has 1 aromatic carbocycles. The van der Waals surface area contributed by atoms with Crippen molar-refractivity contribution in [3.63, 3.8) is 0 Å². The van der Waals surface area contributed by atoms with Crippen LogP contribution in [0.3, 0.4) is 0 Å². The predicted octanol–water partition coefficient (Wildman–Crippen LogP) is 4.14. The SMILES string of the molecule is C=Cc1ccccc1C=Cc1ccc(C)[nH]1. The van der Waals surface area contributed by atoms with Gasteiger partial charge in [-0.3, -0.25) is 0 Å². The molecule has 0 amide bonds. The van der Waals surface area contributed by atoms with Gasteiger partial charge in [0.25, 0.3) is 0 Å². The summed E-state index contributed by atoms with van der Waals surface area (Å²) in [4.78, 5) is 3.27. The Morgan fingerprint density at radius 2 is 1.75 bits per heavy atom. The average molecular weight is 209 g/mol. The van der Waals surface area contributed by atoms with E-state index >= 15 is 0 Å². The van der Waals surface area contributed by atoms with Crippen molar-refractivity contribution in [3.05, 3.63) is 65.5 Å².